The first kappa shape index (κ1) is 11.4. The molecular weight excluding hydrogens is 240 g/mol. The number of thiophene rings is 1. The summed E-state index contributed by atoms with van der Waals surface area (Å²) < 4.78 is 24.7. The standard InChI is InChI=1S/C12H12O2S2/c1-9-3-6-11(7-4-9)16(13,14)12-8-5-10(2)15-12/h3-8H,1-2H3. The van der Waals surface area contributed by atoms with E-state index in [0.29, 0.717) is 9.10 Å². The molecule has 0 fully saturated rings. The van der Waals surface area contributed by atoms with Crippen LogP contribution in [0.2, 0.25) is 0 Å². The third-order valence-corrected chi connectivity index (χ3v) is 5.57. The second kappa shape index (κ2) is 4.03. The highest BCUT2D eigenvalue weighted by molar-refractivity contribution is 7.93. The van der Waals surface area contributed by atoms with Crippen LogP contribution in [0.25, 0.3) is 0 Å². The summed E-state index contributed by atoms with van der Waals surface area (Å²) in [6.07, 6.45) is 0. The molecule has 2 rings (SSSR count). The Labute approximate surface area is 99.5 Å². The Morgan fingerprint density at radius 2 is 1.56 bits per heavy atom. The minimum absolute atomic E-state index is 0.361. The van der Waals surface area contributed by atoms with E-state index in [2.05, 4.69) is 0 Å². The maximum Gasteiger partial charge on any atom is 0.215 e. The number of aryl methyl sites for hydroxylation is 2. The summed E-state index contributed by atoms with van der Waals surface area (Å²) in [5, 5.41) is 0. The highest BCUT2D eigenvalue weighted by Gasteiger charge is 2.18. The van der Waals surface area contributed by atoms with Crippen molar-refractivity contribution in [1.29, 1.82) is 0 Å². The quantitative estimate of drug-likeness (QED) is 0.822. The lowest BCUT2D eigenvalue weighted by molar-refractivity contribution is 0.598. The van der Waals surface area contributed by atoms with Gasteiger partial charge in [-0.25, -0.2) is 8.42 Å². The average Bonchev–Trinajstić information content (AvgIpc) is 2.66. The van der Waals surface area contributed by atoms with Crippen LogP contribution in [0, 0.1) is 13.8 Å². The van der Waals surface area contributed by atoms with Crippen LogP contribution in [-0.2, 0) is 9.84 Å². The van der Waals surface area contributed by atoms with Gasteiger partial charge in [0.05, 0.1) is 4.90 Å². The largest absolute Gasteiger partial charge is 0.218 e. The Bertz CT molecular complexity index is 592. The smallest absolute Gasteiger partial charge is 0.215 e. The lowest BCUT2D eigenvalue weighted by atomic mass is 10.2. The first-order valence-electron chi connectivity index (χ1n) is 4.88. The molecule has 0 unspecified atom stereocenters. The molecule has 0 N–H and O–H groups in total. The van der Waals surface area contributed by atoms with Crippen molar-refractivity contribution in [3.8, 4) is 0 Å². The SMILES string of the molecule is Cc1ccc(S(=O)(=O)c2ccc(C)s2)cc1. The Balaban J connectivity index is 2.51. The molecule has 0 atom stereocenters. The first-order valence-corrected chi connectivity index (χ1v) is 7.18. The van der Waals surface area contributed by atoms with Gasteiger partial charge in [0.1, 0.15) is 4.21 Å². The van der Waals surface area contributed by atoms with Crippen molar-refractivity contribution in [2.75, 3.05) is 0 Å². The van der Waals surface area contributed by atoms with Gasteiger partial charge in [0.15, 0.2) is 0 Å². The molecule has 1 aromatic carbocycles. The molecule has 0 aliphatic carbocycles. The van der Waals surface area contributed by atoms with Crippen molar-refractivity contribution in [1.82, 2.24) is 0 Å². The van der Waals surface area contributed by atoms with Crippen LogP contribution in [0.15, 0.2) is 45.5 Å². The van der Waals surface area contributed by atoms with Crippen LogP contribution in [0.1, 0.15) is 10.4 Å². The zero-order valence-electron chi connectivity index (χ0n) is 9.10. The number of hydrogen-bond donors (Lipinski definition) is 0. The molecule has 0 aliphatic rings. The Morgan fingerprint density at radius 1 is 0.938 bits per heavy atom. The van der Waals surface area contributed by atoms with Gasteiger partial charge in [-0.1, -0.05) is 17.7 Å². The van der Waals surface area contributed by atoms with Gasteiger partial charge in [0.25, 0.3) is 0 Å². The predicted molar refractivity (Wildman–Crippen MR) is 65.7 cm³/mol. The van der Waals surface area contributed by atoms with Crippen LogP contribution in [0.3, 0.4) is 0 Å². The molecule has 0 aliphatic heterocycles. The number of benzene rings is 1. The van der Waals surface area contributed by atoms with Gasteiger partial charge in [-0.15, -0.1) is 11.3 Å². The molecule has 0 bridgehead atoms. The van der Waals surface area contributed by atoms with E-state index in [0.717, 1.165) is 10.4 Å². The predicted octanol–water partition coefficient (Wildman–Crippen LogP) is 3.20. The summed E-state index contributed by atoms with van der Waals surface area (Å²) in [6, 6.07) is 10.4. The van der Waals surface area contributed by atoms with Crippen LogP contribution in [0.4, 0.5) is 0 Å². The van der Waals surface area contributed by atoms with E-state index in [4.69, 9.17) is 0 Å². The molecule has 0 saturated carbocycles. The van der Waals surface area contributed by atoms with Gasteiger partial charge in [-0.3, -0.25) is 0 Å². The Morgan fingerprint density at radius 3 is 2.06 bits per heavy atom. The molecule has 0 saturated heterocycles. The molecule has 4 heteroatoms. The van der Waals surface area contributed by atoms with E-state index in [9.17, 15) is 8.42 Å². The molecular formula is C12H12O2S2. The highest BCUT2D eigenvalue weighted by Crippen LogP contribution is 2.27. The average molecular weight is 252 g/mol. The fourth-order valence-electron chi connectivity index (χ4n) is 1.39. The van der Waals surface area contributed by atoms with Crippen molar-refractivity contribution in [3.05, 3.63) is 46.8 Å². The first-order chi connectivity index (χ1) is 7.50. The summed E-state index contributed by atoms with van der Waals surface area (Å²) in [4.78, 5) is 1.37. The van der Waals surface area contributed by atoms with Crippen molar-refractivity contribution in [2.24, 2.45) is 0 Å². The third-order valence-electron chi connectivity index (χ3n) is 2.31. The summed E-state index contributed by atoms with van der Waals surface area (Å²) in [5.74, 6) is 0. The van der Waals surface area contributed by atoms with Crippen LogP contribution in [-0.4, -0.2) is 8.42 Å². The number of hydrogen-bond acceptors (Lipinski definition) is 3. The maximum absolute atomic E-state index is 12.2. The second-order valence-corrected chi connectivity index (χ2v) is 7.15. The lowest BCUT2D eigenvalue weighted by Gasteiger charge is -2.01. The van der Waals surface area contributed by atoms with E-state index >= 15 is 0 Å². The number of rotatable bonds is 2. The molecule has 0 spiro atoms. The van der Waals surface area contributed by atoms with Gasteiger partial charge >= 0.3 is 0 Å². The van der Waals surface area contributed by atoms with E-state index in [1.54, 1.807) is 18.2 Å². The zero-order chi connectivity index (χ0) is 11.8. The molecule has 0 amide bonds. The van der Waals surface area contributed by atoms with Crippen molar-refractivity contribution < 1.29 is 8.42 Å². The van der Waals surface area contributed by atoms with Gasteiger partial charge in [0.2, 0.25) is 9.84 Å². The van der Waals surface area contributed by atoms with E-state index in [1.807, 2.05) is 32.0 Å². The molecule has 1 aromatic heterocycles. The van der Waals surface area contributed by atoms with Crippen molar-refractivity contribution in [2.45, 2.75) is 23.0 Å². The molecule has 2 aromatic rings. The highest BCUT2D eigenvalue weighted by atomic mass is 32.2. The summed E-state index contributed by atoms with van der Waals surface area (Å²) in [6.45, 7) is 3.84. The minimum atomic E-state index is -3.32. The van der Waals surface area contributed by atoms with Gasteiger partial charge in [0, 0.05) is 4.88 Å². The van der Waals surface area contributed by atoms with E-state index in [-0.39, 0.29) is 0 Å². The molecule has 84 valence electrons. The normalized spacial score (nSPS) is 11.6. The maximum atomic E-state index is 12.2. The monoisotopic (exact) mass is 252 g/mol. The minimum Gasteiger partial charge on any atom is -0.218 e. The van der Waals surface area contributed by atoms with Gasteiger partial charge < -0.3 is 0 Å². The lowest BCUT2D eigenvalue weighted by Crippen LogP contribution is -1.99. The topological polar surface area (TPSA) is 34.1 Å². The Kier molecular flexibility index (Phi) is 2.86. The van der Waals surface area contributed by atoms with E-state index < -0.39 is 9.84 Å². The van der Waals surface area contributed by atoms with Gasteiger partial charge in [-0.2, -0.15) is 0 Å². The van der Waals surface area contributed by atoms with Crippen molar-refractivity contribution >= 4 is 21.2 Å². The molecule has 2 nitrogen and oxygen atoms in total. The fraction of sp³-hybridized carbons (Fsp3) is 0.167. The van der Waals surface area contributed by atoms with Gasteiger partial charge in [-0.05, 0) is 38.1 Å². The van der Waals surface area contributed by atoms with Crippen LogP contribution in [0.5, 0.6) is 0 Å². The number of sulfone groups is 1. The fourth-order valence-corrected chi connectivity index (χ4v) is 4.08. The molecule has 0 radical (unpaired) electrons. The Hall–Kier alpha value is -1.13. The van der Waals surface area contributed by atoms with Crippen molar-refractivity contribution in [3.63, 3.8) is 0 Å². The second-order valence-electron chi connectivity index (χ2n) is 3.68. The third kappa shape index (κ3) is 2.03. The summed E-state index contributed by atoms with van der Waals surface area (Å²) >= 11 is 1.31. The summed E-state index contributed by atoms with van der Waals surface area (Å²) in [5.41, 5.74) is 1.06. The summed E-state index contributed by atoms with van der Waals surface area (Å²) in [7, 11) is -3.32. The zero-order valence-corrected chi connectivity index (χ0v) is 10.7. The van der Waals surface area contributed by atoms with Crippen LogP contribution < -0.4 is 0 Å². The molecule has 1 heterocycles. The molecule has 16 heavy (non-hydrogen) atoms. The van der Waals surface area contributed by atoms with E-state index in [1.165, 1.54) is 11.3 Å². The van der Waals surface area contributed by atoms with Crippen LogP contribution >= 0.6 is 11.3 Å².